The quantitative estimate of drug-likeness (QED) is 0.905. The van der Waals surface area contributed by atoms with E-state index in [4.69, 9.17) is 4.42 Å². The average Bonchev–Trinajstić information content (AvgIpc) is 2.85. The van der Waals surface area contributed by atoms with E-state index in [1.54, 1.807) is 11.3 Å². The van der Waals surface area contributed by atoms with Crippen LogP contribution in [0.4, 0.5) is 0 Å². The number of furan rings is 1. The van der Waals surface area contributed by atoms with Gasteiger partial charge in [-0.05, 0) is 26.1 Å². The van der Waals surface area contributed by atoms with Crippen molar-refractivity contribution < 1.29 is 4.42 Å². The fourth-order valence-electron chi connectivity index (χ4n) is 1.79. The van der Waals surface area contributed by atoms with E-state index in [1.165, 1.54) is 0 Å². The number of thiazole rings is 1. The molecule has 4 heteroatoms. The third kappa shape index (κ3) is 2.58. The number of nitrogens with zero attached hydrogens (tertiary/aromatic N) is 1. The van der Waals surface area contributed by atoms with Crippen LogP contribution in [0.1, 0.15) is 24.6 Å². The Kier molecular flexibility index (Phi) is 3.35. The minimum absolute atomic E-state index is 0.0549. The van der Waals surface area contributed by atoms with Gasteiger partial charge in [0, 0.05) is 17.3 Å². The zero-order valence-corrected chi connectivity index (χ0v) is 11.5. The molecule has 2 aromatic rings. The molecule has 1 N–H and O–H groups in total. The highest BCUT2D eigenvalue weighted by molar-refractivity contribution is 7.10. The maximum Gasteiger partial charge on any atom is 0.153 e. The fourth-order valence-corrected chi connectivity index (χ4v) is 2.72. The van der Waals surface area contributed by atoms with Crippen molar-refractivity contribution in [1.82, 2.24) is 10.3 Å². The lowest BCUT2D eigenvalue weighted by atomic mass is 9.94. The number of aryl methyl sites for hydroxylation is 1. The first-order chi connectivity index (χ1) is 8.03. The van der Waals surface area contributed by atoms with Crippen molar-refractivity contribution in [2.45, 2.75) is 26.2 Å². The van der Waals surface area contributed by atoms with Crippen molar-refractivity contribution in [2.24, 2.45) is 0 Å². The molecule has 0 fully saturated rings. The summed E-state index contributed by atoms with van der Waals surface area (Å²) < 4.78 is 5.58. The van der Waals surface area contributed by atoms with Crippen LogP contribution in [0.5, 0.6) is 0 Å². The Morgan fingerprint density at radius 2 is 2.18 bits per heavy atom. The van der Waals surface area contributed by atoms with Gasteiger partial charge >= 0.3 is 0 Å². The van der Waals surface area contributed by atoms with Crippen LogP contribution in [0, 0.1) is 6.92 Å². The highest BCUT2D eigenvalue weighted by Crippen LogP contribution is 2.30. The zero-order valence-electron chi connectivity index (χ0n) is 10.7. The van der Waals surface area contributed by atoms with Gasteiger partial charge in [0.25, 0.3) is 0 Å². The van der Waals surface area contributed by atoms with Crippen LogP contribution < -0.4 is 5.32 Å². The molecule has 2 aromatic heterocycles. The number of hydrogen-bond donors (Lipinski definition) is 1. The smallest absolute Gasteiger partial charge is 0.153 e. The molecule has 0 radical (unpaired) electrons. The molecule has 92 valence electrons. The van der Waals surface area contributed by atoms with Crippen molar-refractivity contribution >= 4 is 11.3 Å². The second-order valence-electron chi connectivity index (χ2n) is 4.86. The van der Waals surface area contributed by atoms with Gasteiger partial charge in [-0.3, -0.25) is 0 Å². The van der Waals surface area contributed by atoms with Crippen molar-refractivity contribution in [3.8, 4) is 11.5 Å². The molecule has 0 aliphatic rings. The summed E-state index contributed by atoms with van der Waals surface area (Å²) in [5, 5.41) is 6.40. The molecule has 0 saturated carbocycles. The molecule has 2 rings (SSSR count). The summed E-state index contributed by atoms with van der Waals surface area (Å²) in [4.78, 5) is 4.67. The number of nitrogens with one attached hydrogen (secondary N) is 1. The van der Waals surface area contributed by atoms with Crippen molar-refractivity contribution in [2.75, 3.05) is 13.6 Å². The molecule has 0 aromatic carbocycles. The van der Waals surface area contributed by atoms with E-state index >= 15 is 0 Å². The monoisotopic (exact) mass is 250 g/mol. The van der Waals surface area contributed by atoms with Gasteiger partial charge in [-0.15, -0.1) is 11.3 Å². The Morgan fingerprint density at radius 1 is 1.41 bits per heavy atom. The molecule has 0 spiro atoms. The molecule has 0 aliphatic carbocycles. The Balaban J connectivity index is 2.27. The van der Waals surface area contributed by atoms with Gasteiger partial charge in [-0.25, -0.2) is 4.98 Å². The first-order valence-corrected chi connectivity index (χ1v) is 6.58. The lowest BCUT2D eigenvalue weighted by molar-refractivity contribution is 0.490. The molecule has 0 atom stereocenters. The summed E-state index contributed by atoms with van der Waals surface area (Å²) >= 11 is 1.69. The molecule has 3 nitrogen and oxygen atoms in total. The minimum Gasteiger partial charge on any atom is -0.460 e. The average molecular weight is 250 g/mol. The molecule has 0 aliphatic heterocycles. The van der Waals surface area contributed by atoms with Gasteiger partial charge in [0.1, 0.15) is 16.5 Å². The first kappa shape index (κ1) is 12.3. The van der Waals surface area contributed by atoms with Gasteiger partial charge < -0.3 is 9.73 Å². The molecule has 0 saturated heterocycles. The number of aromatic nitrogens is 1. The fraction of sp³-hybridized carbons (Fsp3) is 0.462. The Hall–Kier alpha value is -1.13. The normalized spacial score (nSPS) is 12.0. The molecule has 0 bridgehead atoms. The molecular formula is C13H18N2OS. The first-order valence-electron chi connectivity index (χ1n) is 5.70. The molecular weight excluding hydrogens is 232 g/mol. The molecule has 17 heavy (non-hydrogen) atoms. The summed E-state index contributed by atoms with van der Waals surface area (Å²) in [5.74, 6) is 1.77. The number of likely N-dealkylation sites (N-methyl/N-ethyl adjacent to an activating group) is 1. The maximum atomic E-state index is 5.58. The Labute approximate surface area is 106 Å². The van der Waals surface area contributed by atoms with E-state index in [0.717, 1.165) is 28.8 Å². The predicted octanol–water partition coefficient (Wildman–Crippen LogP) is 3.21. The summed E-state index contributed by atoms with van der Waals surface area (Å²) in [6, 6.07) is 3.94. The van der Waals surface area contributed by atoms with E-state index < -0.39 is 0 Å². The third-order valence-electron chi connectivity index (χ3n) is 2.69. The van der Waals surface area contributed by atoms with E-state index in [-0.39, 0.29) is 5.41 Å². The van der Waals surface area contributed by atoms with Crippen LogP contribution in [0.2, 0.25) is 0 Å². The maximum absolute atomic E-state index is 5.58. The third-order valence-corrected chi connectivity index (χ3v) is 3.90. The SMILES string of the molecule is CNCC(C)(C)c1nc(-c2ccc(C)o2)cs1. The Morgan fingerprint density at radius 3 is 2.76 bits per heavy atom. The van der Waals surface area contributed by atoms with Gasteiger partial charge in [-0.1, -0.05) is 13.8 Å². The van der Waals surface area contributed by atoms with E-state index in [1.807, 2.05) is 26.1 Å². The minimum atomic E-state index is 0.0549. The van der Waals surface area contributed by atoms with Crippen LogP contribution in [0.25, 0.3) is 11.5 Å². The summed E-state index contributed by atoms with van der Waals surface area (Å²) in [6.45, 7) is 7.25. The van der Waals surface area contributed by atoms with Gasteiger partial charge in [0.15, 0.2) is 5.76 Å². The van der Waals surface area contributed by atoms with E-state index in [9.17, 15) is 0 Å². The predicted molar refractivity (Wildman–Crippen MR) is 71.5 cm³/mol. The van der Waals surface area contributed by atoms with Crippen molar-refractivity contribution in [1.29, 1.82) is 0 Å². The van der Waals surface area contributed by atoms with Crippen LogP contribution in [0.15, 0.2) is 21.9 Å². The van der Waals surface area contributed by atoms with E-state index in [0.29, 0.717) is 0 Å². The molecule has 0 unspecified atom stereocenters. The lowest BCUT2D eigenvalue weighted by Gasteiger charge is -2.20. The van der Waals surface area contributed by atoms with Crippen LogP contribution in [-0.4, -0.2) is 18.6 Å². The second kappa shape index (κ2) is 4.63. The van der Waals surface area contributed by atoms with Gasteiger partial charge in [0.05, 0.1) is 0 Å². The van der Waals surface area contributed by atoms with Crippen molar-refractivity contribution in [3.63, 3.8) is 0 Å². The number of hydrogen-bond acceptors (Lipinski definition) is 4. The standard InChI is InChI=1S/C13H18N2OS/c1-9-5-6-11(16-9)10-7-17-12(15-10)13(2,3)8-14-4/h5-7,14H,8H2,1-4H3. The molecule has 2 heterocycles. The molecule has 0 amide bonds. The summed E-state index contributed by atoms with van der Waals surface area (Å²) in [6.07, 6.45) is 0. The Bertz CT molecular complexity index is 499. The zero-order chi connectivity index (χ0) is 12.5. The van der Waals surface area contributed by atoms with Crippen molar-refractivity contribution in [3.05, 3.63) is 28.3 Å². The lowest BCUT2D eigenvalue weighted by Crippen LogP contribution is -2.30. The van der Waals surface area contributed by atoms with Gasteiger partial charge in [0.2, 0.25) is 0 Å². The van der Waals surface area contributed by atoms with Crippen LogP contribution >= 0.6 is 11.3 Å². The van der Waals surface area contributed by atoms with Gasteiger partial charge in [-0.2, -0.15) is 0 Å². The number of rotatable bonds is 4. The van der Waals surface area contributed by atoms with Crippen LogP contribution in [-0.2, 0) is 5.41 Å². The summed E-state index contributed by atoms with van der Waals surface area (Å²) in [5.41, 5.74) is 0.988. The largest absolute Gasteiger partial charge is 0.460 e. The van der Waals surface area contributed by atoms with Crippen LogP contribution in [0.3, 0.4) is 0 Å². The summed E-state index contributed by atoms with van der Waals surface area (Å²) in [7, 11) is 1.96. The van der Waals surface area contributed by atoms with E-state index in [2.05, 4.69) is 29.5 Å². The highest BCUT2D eigenvalue weighted by Gasteiger charge is 2.24. The second-order valence-corrected chi connectivity index (χ2v) is 5.72. The topological polar surface area (TPSA) is 38.1 Å². The highest BCUT2D eigenvalue weighted by atomic mass is 32.1.